The van der Waals surface area contributed by atoms with E-state index in [9.17, 15) is 9.18 Å². The summed E-state index contributed by atoms with van der Waals surface area (Å²) < 4.78 is 19.4. The van der Waals surface area contributed by atoms with E-state index in [2.05, 4.69) is 35.2 Å². The number of hydrogen-bond donors (Lipinski definition) is 0. The molecule has 0 N–H and O–H groups in total. The first kappa shape index (κ1) is 21.7. The van der Waals surface area contributed by atoms with Crippen molar-refractivity contribution in [1.82, 2.24) is 9.80 Å². The van der Waals surface area contributed by atoms with Crippen molar-refractivity contribution in [2.75, 3.05) is 33.3 Å². The van der Waals surface area contributed by atoms with Gasteiger partial charge in [0.15, 0.2) is 0 Å². The molecule has 170 valence electrons. The number of carbonyl (C=O) groups excluding carboxylic acids is 1. The molecule has 2 atom stereocenters. The molecule has 3 aromatic carbocycles. The van der Waals surface area contributed by atoms with Crippen LogP contribution in [-0.4, -0.2) is 49.0 Å². The Hall–Kier alpha value is -3.18. The van der Waals surface area contributed by atoms with E-state index in [0.29, 0.717) is 18.7 Å². The van der Waals surface area contributed by atoms with Crippen LogP contribution < -0.4 is 4.74 Å². The number of likely N-dealkylation sites (tertiary alicyclic amines) is 1. The lowest BCUT2D eigenvalue weighted by atomic mass is 9.87. The topological polar surface area (TPSA) is 32.8 Å². The summed E-state index contributed by atoms with van der Waals surface area (Å²) in [7, 11) is 1.69. The van der Waals surface area contributed by atoms with E-state index < -0.39 is 0 Å². The average molecular weight is 445 g/mol. The minimum Gasteiger partial charge on any atom is -0.496 e. The quantitative estimate of drug-likeness (QED) is 0.570. The number of fused-ring (bicyclic) bond motifs is 1. The minimum atomic E-state index is -0.384. The number of hydrogen-bond acceptors (Lipinski definition) is 3. The van der Waals surface area contributed by atoms with Crippen LogP contribution in [0.4, 0.5) is 4.39 Å². The summed E-state index contributed by atoms with van der Waals surface area (Å²) in [5.74, 6) is 0.794. The Morgan fingerprint density at radius 1 is 1.00 bits per heavy atom. The number of benzene rings is 3. The Morgan fingerprint density at radius 2 is 1.79 bits per heavy atom. The second-order valence-electron chi connectivity index (χ2n) is 9.08. The van der Waals surface area contributed by atoms with Crippen LogP contribution in [0.25, 0.3) is 0 Å². The number of para-hydroxylation sites is 1. The first-order valence-electron chi connectivity index (χ1n) is 11.6. The summed E-state index contributed by atoms with van der Waals surface area (Å²) in [6.07, 6.45) is 1.05. The molecule has 0 saturated carbocycles. The second kappa shape index (κ2) is 9.36. The van der Waals surface area contributed by atoms with E-state index in [1.165, 1.54) is 23.3 Å². The highest BCUT2D eigenvalue weighted by Crippen LogP contribution is 2.39. The summed E-state index contributed by atoms with van der Waals surface area (Å²) >= 11 is 0. The van der Waals surface area contributed by atoms with E-state index in [-0.39, 0.29) is 23.6 Å². The maximum absolute atomic E-state index is 13.8. The van der Waals surface area contributed by atoms with Gasteiger partial charge in [0.05, 0.1) is 7.11 Å². The fourth-order valence-electron chi connectivity index (χ4n) is 5.39. The molecule has 4 nitrogen and oxygen atoms in total. The van der Waals surface area contributed by atoms with Crippen LogP contribution in [0.1, 0.15) is 33.0 Å². The number of methoxy groups -OCH3 is 1. The van der Waals surface area contributed by atoms with Gasteiger partial charge in [-0.25, -0.2) is 4.39 Å². The standard InChI is InChI=1S/C28H29FN2O2/c1-33-27-12-5-4-11-25(27)26-19-31(28(32)21-9-6-10-24(29)15-21)18-23(26)17-30-14-13-20-7-2-3-8-22(20)16-30/h2-12,15,23,26H,13-14,16-19H2,1H3. The molecule has 1 amide bonds. The van der Waals surface area contributed by atoms with Crippen LogP contribution in [0.15, 0.2) is 72.8 Å². The fraction of sp³-hybridized carbons (Fsp3) is 0.321. The lowest BCUT2D eigenvalue weighted by Crippen LogP contribution is -2.37. The fourth-order valence-corrected chi connectivity index (χ4v) is 5.39. The summed E-state index contributed by atoms with van der Waals surface area (Å²) in [4.78, 5) is 17.6. The van der Waals surface area contributed by atoms with Crippen LogP contribution in [0.5, 0.6) is 5.75 Å². The van der Waals surface area contributed by atoms with Gasteiger partial charge < -0.3 is 9.64 Å². The summed E-state index contributed by atoms with van der Waals surface area (Å²) in [6, 6.07) is 22.7. The molecule has 5 heteroatoms. The first-order chi connectivity index (χ1) is 16.1. The molecule has 33 heavy (non-hydrogen) atoms. The summed E-state index contributed by atoms with van der Waals surface area (Å²) in [5, 5.41) is 0. The third kappa shape index (κ3) is 4.51. The molecule has 1 fully saturated rings. The SMILES string of the molecule is COc1ccccc1C1CN(C(=O)c2cccc(F)c2)CC1CN1CCc2ccccc2C1. The Morgan fingerprint density at radius 3 is 2.61 bits per heavy atom. The van der Waals surface area contributed by atoms with E-state index in [1.807, 2.05) is 23.1 Å². The molecular weight excluding hydrogens is 415 g/mol. The molecule has 1 saturated heterocycles. The number of rotatable bonds is 5. The molecule has 2 heterocycles. The number of ether oxygens (including phenoxy) is 1. The van der Waals surface area contributed by atoms with Crippen molar-refractivity contribution in [3.63, 3.8) is 0 Å². The largest absolute Gasteiger partial charge is 0.496 e. The van der Waals surface area contributed by atoms with Gasteiger partial charge in [0.2, 0.25) is 0 Å². The summed E-state index contributed by atoms with van der Waals surface area (Å²) in [6.45, 7) is 4.11. The third-order valence-corrected chi connectivity index (χ3v) is 7.04. The molecule has 0 bridgehead atoms. The van der Waals surface area contributed by atoms with Crippen LogP contribution in [0, 0.1) is 11.7 Å². The van der Waals surface area contributed by atoms with Gasteiger partial charge >= 0.3 is 0 Å². The highest BCUT2D eigenvalue weighted by atomic mass is 19.1. The second-order valence-corrected chi connectivity index (χ2v) is 9.08. The van der Waals surface area contributed by atoms with Crippen molar-refractivity contribution in [2.45, 2.75) is 18.9 Å². The number of amides is 1. The molecule has 2 aliphatic rings. The average Bonchev–Trinajstić information content (AvgIpc) is 3.27. The zero-order chi connectivity index (χ0) is 22.8. The van der Waals surface area contributed by atoms with Gasteiger partial charge in [0, 0.05) is 44.2 Å². The van der Waals surface area contributed by atoms with Crippen LogP contribution in [0.3, 0.4) is 0 Å². The van der Waals surface area contributed by atoms with Crippen molar-refractivity contribution in [3.05, 3.63) is 101 Å². The normalized spacial score (nSPS) is 20.5. The van der Waals surface area contributed by atoms with Gasteiger partial charge in [-0.3, -0.25) is 9.69 Å². The van der Waals surface area contributed by atoms with Crippen molar-refractivity contribution >= 4 is 5.91 Å². The molecule has 0 aliphatic carbocycles. The number of nitrogens with zero attached hydrogens (tertiary/aromatic N) is 2. The maximum atomic E-state index is 13.8. The lowest BCUT2D eigenvalue weighted by molar-refractivity contribution is 0.0781. The van der Waals surface area contributed by atoms with Crippen molar-refractivity contribution in [1.29, 1.82) is 0 Å². The highest BCUT2D eigenvalue weighted by Gasteiger charge is 2.39. The van der Waals surface area contributed by atoms with Gasteiger partial charge in [-0.1, -0.05) is 48.5 Å². The highest BCUT2D eigenvalue weighted by molar-refractivity contribution is 5.94. The predicted octanol–water partition coefficient (Wildman–Crippen LogP) is 4.75. The van der Waals surface area contributed by atoms with Crippen molar-refractivity contribution < 1.29 is 13.9 Å². The molecule has 2 unspecified atom stereocenters. The molecule has 3 aromatic rings. The van der Waals surface area contributed by atoms with Gasteiger partial charge in [-0.15, -0.1) is 0 Å². The molecule has 0 spiro atoms. The monoisotopic (exact) mass is 444 g/mol. The number of halogens is 1. The minimum absolute atomic E-state index is 0.110. The number of carbonyl (C=O) groups is 1. The lowest BCUT2D eigenvalue weighted by Gasteiger charge is -2.32. The molecular formula is C28H29FN2O2. The Labute approximate surface area is 194 Å². The van der Waals surface area contributed by atoms with Crippen LogP contribution in [0.2, 0.25) is 0 Å². The van der Waals surface area contributed by atoms with Gasteiger partial charge in [-0.2, -0.15) is 0 Å². The van der Waals surface area contributed by atoms with Crippen LogP contribution >= 0.6 is 0 Å². The van der Waals surface area contributed by atoms with E-state index in [1.54, 1.807) is 19.2 Å². The van der Waals surface area contributed by atoms with Crippen molar-refractivity contribution in [2.24, 2.45) is 5.92 Å². The molecule has 2 aliphatic heterocycles. The third-order valence-electron chi connectivity index (χ3n) is 7.04. The Bertz CT molecular complexity index is 1150. The van der Waals surface area contributed by atoms with E-state index in [4.69, 9.17) is 4.74 Å². The van der Waals surface area contributed by atoms with Gasteiger partial charge in [-0.05, 0) is 53.3 Å². The predicted molar refractivity (Wildman–Crippen MR) is 127 cm³/mol. The summed E-state index contributed by atoms with van der Waals surface area (Å²) in [5.41, 5.74) is 4.37. The van der Waals surface area contributed by atoms with Crippen LogP contribution in [-0.2, 0) is 13.0 Å². The Balaban J connectivity index is 1.40. The molecule has 5 rings (SSSR count). The van der Waals surface area contributed by atoms with E-state index in [0.717, 1.165) is 37.4 Å². The zero-order valence-corrected chi connectivity index (χ0v) is 18.9. The van der Waals surface area contributed by atoms with E-state index >= 15 is 0 Å². The van der Waals surface area contributed by atoms with Gasteiger partial charge in [0.1, 0.15) is 11.6 Å². The smallest absolute Gasteiger partial charge is 0.253 e. The Kier molecular flexibility index (Phi) is 6.14. The van der Waals surface area contributed by atoms with Gasteiger partial charge in [0.25, 0.3) is 5.91 Å². The molecule has 0 radical (unpaired) electrons. The maximum Gasteiger partial charge on any atom is 0.253 e. The zero-order valence-electron chi connectivity index (χ0n) is 18.9. The van der Waals surface area contributed by atoms with Crippen molar-refractivity contribution in [3.8, 4) is 5.75 Å². The first-order valence-corrected chi connectivity index (χ1v) is 11.6. The molecule has 0 aromatic heterocycles.